The van der Waals surface area contributed by atoms with Crippen LogP contribution in [0, 0.1) is 0 Å². The maximum Gasteiger partial charge on any atom is 0.330 e. The lowest BCUT2D eigenvalue weighted by atomic mass is 10.1. The minimum absolute atomic E-state index is 0.436. The Hall–Kier alpha value is -1.69. The van der Waals surface area contributed by atoms with Gasteiger partial charge in [0, 0.05) is 11.8 Å². The average Bonchev–Trinajstić information content (AvgIpc) is 2.96. The van der Waals surface area contributed by atoms with E-state index < -0.39 is 18.0 Å². The van der Waals surface area contributed by atoms with Gasteiger partial charge >= 0.3 is 12.0 Å². The second-order valence-corrected chi connectivity index (χ2v) is 6.08. The van der Waals surface area contributed by atoms with Crippen molar-refractivity contribution in [1.82, 2.24) is 10.6 Å². The van der Waals surface area contributed by atoms with Gasteiger partial charge < -0.3 is 15.7 Å². The number of carbonyl (C=O) groups is 2. The Morgan fingerprint density at radius 1 is 1.35 bits per heavy atom. The lowest BCUT2D eigenvalue weighted by molar-refractivity contribution is -0.139. The van der Waals surface area contributed by atoms with Gasteiger partial charge in [-0.15, -0.1) is 0 Å². The van der Waals surface area contributed by atoms with E-state index in [1.807, 2.05) is 11.8 Å². The van der Waals surface area contributed by atoms with Crippen LogP contribution < -0.4 is 10.6 Å². The Labute approximate surface area is 122 Å². The number of urea groups is 1. The summed E-state index contributed by atoms with van der Waals surface area (Å²) in [6, 6.07) is 7.22. The van der Waals surface area contributed by atoms with Crippen molar-refractivity contribution in [2.75, 3.05) is 12.3 Å². The molecule has 0 saturated carbocycles. The third kappa shape index (κ3) is 4.16. The third-order valence-corrected chi connectivity index (χ3v) is 4.57. The Balaban J connectivity index is 1.87. The molecule has 1 saturated heterocycles. The first-order valence-corrected chi connectivity index (χ1v) is 7.65. The number of nitrogens with one attached hydrogen (secondary N) is 2. The highest BCUT2D eigenvalue weighted by Crippen LogP contribution is 2.25. The van der Waals surface area contributed by atoms with Crippen LogP contribution in [-0.4, -0.2) is 34.7 Å². The van der Waals surface area contributed by atoms with E-state index in [1.165, 1.54) is 6.42 Å². The minimum atomic E-state index is -1.07. The number of aliphatic carboxylic acids is 1. The van der Waals surface area contributed by atoms with E-state index in [9.17, 15) is 14.7 Å². The number of hydrogen-bond donors (Lipinski definition) is 3. The molecular weight excluding hydrogens is 276 g/mol. The second-order valence-electron chi connectivity index (χ2n) is 4.67. The van der Waals surface area contributed by atoms with Gasteiger partial charge in [-0.2, -0.15) is 11.8 Å². The molecule has 1 aliphatic rings. The fourth-order valence-electron chi connectivity index (χ4n) is 2.13. The van der Waals surface area contributed by atoms with E-state index in [0.29, 0.717) is 17.4 Å². The van der Waals surface area contributed by atoms with Gasteiger partial charge in [-0.05, 0) is 24.2 Å². The van der Waals surface area contributed by atoms with Crippen LogP contribution in [0.5, 0.6) is 0 Å². The summed E-state index contributed by atoms with van der Waals surface area (Å²) in [5.41, 5.74) is 0.561. The molecule has 0 bridgehead atoms. The highest BCUT2D eigenvalue weighted by Gasteiger charge is 2.22. The van der Waals surface area contributed by atoms with Gasteiger partial charge in [0.15, 0.2) is 6.04 Å². The number of carbonyl (C=O) groups excluding carboxylic acids is 1. The van der Waals surface area contributed by atoms with E-state index in [0.717, 1.165) is 12.2 Å². The Morgan fingerprint density at radius 2 is 2.10 bits per heavy atom. The quantitative estimate of drug-likeness (QED) is 0.776. The first-order chi connectivity index (χ1) is 9.66. The predicted octanol–water partition coefficient (Wildman–Crippen LogP) is 2.01. The SMILES string of the molecule is O=C(NCC1CCCS1)NC(C(=O)O)c1ccccc1. The Kier molecular flexibility index (Phi) is 5.29. The van der Waals surface area contributed by atoms with E-state index in [1.54, 1.807) is 30.3 Å². The fourth-order valence-corrected chi connectivity index (χ4v) is 3.33. The highest BCUT2D eigenvalue weighted by atomic mass is 32.2. The van der Waals surface area contributed by atoms with Gasteiger partial charge in [-0.3, -0.25) is 0 Å². The number of thioether (sulfide) groups is 1. The molecule has 2 rings (SSSR count). The summed E-state index contributed by atoms with van der Waals surface area (Å²) in [6.45, 7) is 0.581. The van der Waals surface area contributed by atoms with Gasteiger partial charge in [-0.25, -0.2) is 9.59 Å². The van der Waals surface area contributed by atoms with Crippen LogP contribution in [-0.2, 0) is 4.79 Å². The molecule has 0 aliphatic carbocycles. The lowest BCUT2D eigenvalue weighted by Gasteiger charge is -2.16. The van der Waals surface area contributed by atoms with Gasteiger partial charge in [0.05, 0.1) is 0 Å². The normalized spacial score (nSPS) is 19.3. The zero-order chi connectivity index (χ0) is 14.4. The zero-order valence-electron chi connectivity index (χ0n) is 11.0. The van der Waals surface area contributed by atoms with Crippen molar-refractivity contribution in [3.05, 3.63) is 35.9 Å². The molecule has 20 heavy (non-hydrogen) atoms. The summed E-state index contributed by atoms with van der Waals surface area (Å²) in [6.07, 6.45) is 2.28. The topological polar surface area (TPSA) is 78.4 Å². The number of carboxylic acid groups (broad SMARTS) is 1. The summed E-state index contributed by atoms with van der Waals surface area (Å²) < 4.78 is 0. The summed E-state index contributed by atoms with van der Waals surface area (Å²) in [5, 5.41) is 14.9. The van der Waals surface area contributed by atoms with Crippen molar-refractivity contribution in [3.63, 3.8) is 0 Å². The van der Waals surface area contributed by atoms with Crippen LogP contribution in [0.4, 0.5) is 4.79 Å². The van der Waals surface area contributed by atoms with Crippen LogP contribution in [0.3, 0.4) is 0 Å². The van der Waals surface area contributed by atoms with Gasteiger partial charge in [0.2, 0.25) is 0 Å². The first kappa shape index (κ1) is 14.7. The van der Waals surface area contributed by atoms with E-state index in [-0.39, 0.29) is 0 Å². The molecule has 2 atom stereocenters. The largest absolute Gasteiger partial charge is 0.479 e. The molecular formula is C14H18N2O3S. The van der Waals surface area contributed by atoms with Crippen molar-refractivity contribution < 1.29 is 14.7 Å². The molecule has 2 amide bonds. The maximum atomic E-state index is 11.8. The Bertz CT molecular complexity index is 461. The summed E-state index contributed by atoms with van der Waals surface area (Å²) >= 11 is 1.85. The van der Waals surface area contributed by atoms with Crippen molar-refractivity contribution in [2.24, 2.45) is 0 Å². The van der Waals surface area contributed by atoms with Gasteiger partial charge in [0.25, 0.3) is 0 Å². The van der Waals surface area contributed by atoms with Gasteiger partial charge in [-0.1, -0.05) is 30.3 Å². The summed E-state index contributed by atoms with van der Waals surface area (Å²) in [4.78, 5) is 23.0. The average molecular weight is 294 g/mol. The first-order valence-electron chi connectivity index (χ1n) is 6.60. The number of carboxylic acids is 1. The molecule has 1 aromatic rings. The van der Waals surface area contributed by atoms with Crippen molar-refractivity contribution in [2.45, 2.75) is 24.1 Å². The van der Waals surface area contributed by atoms with Crippen molar-refractivity contribution in [3.8, 4) is 0 Å². The fraction of sp³-hybridized carbons (Fsp3) is 0.429. The molecule has 1 aromatic carbocycles. The molecule has 6 heteroatoms. The lowest BCUT2D eigenvalue weighted by Crippen LogP contribution is -2.42. The monoisotopic (exact) mass is 294 g/mol. The number of hydrogen-bond acceptors (Lipinski definition) is 3. The summed E-state index contributed by atoms with van der Waals surface area (Å²) in [5.74, 6) is 0.0667. The molecule has 1 heterocycles. The van der Waals surface area contributed by atoms with E-state index in [4.69, 9.17) is 0 Å². The van der Waals surface area contributed by atoms with Crippen LogP contribution in [0.2, 0.25) is 0 Å². The van der Waals surface area contributed by atoms with E-state index >= 15 is 0 Å². The second kappa shape index (κ2) is 7.19. The molecule has 0 spiro atoms. The molecule has 0 aromatic heterocycles. The van der Waals surface area contributed by atoms with Crippen molar-refractivity contribution in [1.29, 1.82) is 0 Å². The Morgan fingerprint density at radius 3 is 2.70 bits per heavy atom. The van der Waals surface area contributed by atoms with E-state index in [2.05, 4.69) is 10.6 Å². The predicted molar refractivity (Wildman–Crippen MR) is 78.8 cm³/mol. The molecule has 108 valence electrons. The number of amides is 2. The number of benzene rings is 1. The maximum absolute atomic E-state index is 11.8. The summed E-state index contributed by atoms with van der Waals surface area (Å²) in [7, 11) is 0. The highest BCUT2D eigenvalue weighted by molar-refractivity contribution is 8.00. The van der Waals surface area contributed by atoms with Crippen LogP contribution >= 0.6 is 11.8 Å². The van der Waals surface area contributed by atoms with Crippen LogP contribution in [0.1, 0.15) is 24.4 Å². The third-order valence-electron chi connectivity index (χ3n) is 3.17. The van der Waals surface area contributed by atoms with Crippen LogP contribution in [0.25, 0.3) is 0 Å². The molecule has 2 unspecified atom stereocenters. The smallest absolute Gasteiger partial charge is 0.330 e. The number of rotatable bonds is 5. The molecule has 3 N–H and O–H groups in total. The van der Waals surface area contributed by atoms with Crippen molar-refractivity contribution >= 4 is 23.8 Å². The molecule has 0 radical (unpaired) electrons. The molecule has 1 aliphatic heterocycles. The van der Waals surface area contributed by atoms with Crippen LogP contribution in [0.15, 0.2) is 30.3 Å². The van der Waals surface area contributed by atoms with Gasteiger partial charge in [0.1, 0.15) is 0 Å². The standard InChI is InChI=1S/C14H18N2O3S/c17-13(18)12(10-5-2-1-3-6-10)16-14(19)15-9-11-7-4-8-20-11/h1-3,5-6,11-12H,4,7-9H2,(H,17,18)(H2,15,16,19). The minimum Gasteiger partial charge on any atom is -0.479 e. The molecule has 5 nitrogen and oxygen atoms in total. The molecule has 1 fully saturated rings. The zero-order valence-corrected chi connectivity index (χ0v) is 11.9.